The first-order valence-electron chi connectivity index (χ1n) is 4.07. The molecule has 0 saturated carbocycles. The zero-order chi connectivity index (χ0) is 10.8. The molecule has 8 heteroatoms. The molecule has 0 fully saturated rings. The van der Waals surface area contributed by atoms with E-state index in [1.165, 1.54) is 27.5 Å². The van der Waals surface area contributed by atoms with Crippen molar-refractivity contribution in [3.63, 3.8) is 0 Å². The standard InChI is InChI=1S/C7H7N3O3S2/c11-2-4-14-5-6(10(12)13)9-1-3-15-7(9)8-5/h1,3,11H,2,4H2. The van der Waals surface area contributed by atoms with Gasteiger partial charge in [-0.15, -0.1) is 0 Å². The molecule has 0 amide bonds. The molecule has 1 N–H and O–H groups in total. The molecule has 2 heterocycles. The Balaban J connectivity index is 2.47. The van der Waals surface area contributed by atoms with E-state index in [-0.39, 0.29) is 12.4 Å². The van der Waals surface area contributed by atoms with Gasteiger partial charge in [-0.25, -0.2) is 0 Å². The van der Waals surface area contributed by atoms with E-state index in [0.29, 0.717) is 15.7 Å². The molecule has 0 radical (unpaired) electrons. The van der Waals surface area contributed by atoms with Crippen LogP contribution in [0.2, 0.25) is 0 Å². The van der Waals surface area contributed by atoms with Gasteiger partial charge in [-0.3, -0.25) is 0 Å². The number of thiazole rings is 1. The highest BCUT2D eigenvalue weighted by Crippen LogP contribution is 2.31. The molecule has 80 valence electrons. The molecule has 2 aromatic heterocycles. The van der Waals surface area contributed by atoms with Gasteiger partial charge < -0.3 is 15.2 Å². The lowest BCUT2D eigenvalue weighted by molar-refractivity contribution is -0.393. The summed E-state index contributed by atoms with van der Waals surface area (Å²) in [5.41, 5.74) is 0. The minimum Gasteiger partial charge on any atom is -0.396 e. The summed E-state index contributed by atoms with van der Waals surface area (Å²) in [5, 5.41) is 21.6. The molecule has 0 aliphatic heterocycles. The van der Waals surface area contributed by atoms with Crippen LogP contribution in [0.25, 0.3) is 4.96 Å². The Kier molecular flexibility index (Phi) is 2.89. The van der Waals surface area contributed by atoms with E-state index in [2.05, 4.69) is 4.98 Å². The first kappa shape index (κ1) is 10.4. The summed E-state index contributed by atoms with van der Waals surface area (Å²) < 4.78 is 1.45. The zero-order valence-electron chi connectivity index (χ0n) is 7.49. The van der Waals surface area contributed by atoms with Gasteiger partial charge in [-0.05, 0) is 4.92 Å². The van der Waals surface area contributed by atoms with Crippen LogP contribution in [0.5, 0.6) is 0 Å². The van der Waals surface area contributed by atoms with Crippen molar-refractivity contribution in [1.82, 2.24) is 9.38 Å². The van der Waals surface area contributed by atoms with E-state index in [9.17, 15) is 10.1 Å². The van der Waals surface area contributed by atoms with Gasteiger partial charge >= 0.3 is 5.82 Å². The third kappa shape index (κ3) is 1.83. The van der Waals surface area contributed by atoms with Crippen molar-refractivity contribution < 1.29 is 10.0 Å². The maximum atomic E-state index is 10.8. The van der Waals surface area contributed by atoms with Gasteiger partial charge in [-0.2, -0.15) is 9.38 Å². The fourth-order valence-electron chi connectivity index (χ4n) is 1.16. The average Bonchev–Trinajstić information content (AvgIpc) is 2.72. The third-order valence-corrected chi connectivity index (χ3v) is 3.40. The molecule has 15 heavy (non-hydrogen) atoms. The number of nitro groups is 1. The van der Waals surface area contributed by atoms with Crippen molar-refractivity contribution in [1.29, 1.82) is 0 Å². The SMILES string of the molecule is O=[N+]([O-])c1c(SCCO)nc2sccn12. The molecule has 2 aromatic rings. The molecular formula is C7H7N3O3S2. The lowest BCUT2D eigenvalue weighted by Crippen LogP contribution is -1.94. The zero-order valence-corrected chi connectivity index (χ0v) is 9.12. The maximum Gasteiger partial charge on any atom is 0.362 e. The first-order chi connectivity index (χ1) is 7.24. The molecular weight excluding hydrogens is 238 g/mol. The number of hydrogen-bond donors (Lipinski definition) is 1. The molecule has 0 spiro atoms. The van der Waals surface area contributed by atoms with Crippen molar-refractivity contribution >= 4 is 33.9 Å². The van der Waals surface area contributed by atoms with Gasteiger partial charge in [0.2, 0.25) is 0 Å². The summed E-state index contributed by atoms with van der Waals surface area (Å²) in [6, 6.07) is 0. The number of imidazole rings is 1. The van der Waals surface area contributed by atoms with Crippen LogP contribution in [0, 0.1) is 10.1 Å². The van der Waals surface area contributed by atoms with E-state index >= 15 is 0 Å². The molecule has 0 aliphatic rings. The fraction of sp³-hybridized carbons (Fsp3) is 0.286. The van der Waals surface area contributed by atoms with Crippen molar-refractivity contribution in [3.05, 3.63) is 21.7 Å². The minimum absolute atomic E-state index is 0.0208. The Morgan fingerprint density at radius 1 is 1.73 bits per heavy atom. The predicted octanol–water partition coefficient (Wildman–Crippen LogP) is 1.39. The van der Waals surface area contributed by atoms with Crippen LogP contribution in [-0.4, -0.2) is 31.8 Å². The number of thioether (sulfide) groups is 1. The lowest BCUT2D eigenvalue weighted by atomic mass is 10.7. The van der Waals surface area contributed by atoms with Crippen LogP contribution in [0.4, 0.5) is 5.82 Å². The quantitative estimate of drug-likeness (QED) is 0.500. The largest absolute Gasteiger partial charge is 0.396 e. The molecule has 0 saturated heterocycles. The van der Waals surface area contributed by atoms with Gasteiger partial charge in [0.25, 0.3) is 4.96 Å². The van der Waals surface area contributed by atoms with Gasteiger partial charge in [0.1, 0.15) is 6.20 Å². The summed E-state index contributed by atoms with van der Waals surface area (Å²) in [6.45, 7) is -0.0208. The second-order valence-electron chi connectivity index (χ2n) is 2.63. The Bertz CT molecular complexity index is 493. The van der Waals surface area contributed by atoms with Crippen LogP contribution in [-0.2, 0) is 0 Å². The van der Waals surface area contributed by atoms with Gasteiger partial charge in [0.05, 0.1) is 6.61 Å². The monoisotopic (exact) mass is 245 g/mol. The Hall–Kier alpha value is -1.12. The minimum atomic E-state index is -0.452. The van der Waals surface area contributed by atoms with Gasteiger partial charge in [-0.1, -0.05) is 23.1 Å². The van der Waals surface area contributed by atoms with E-state index in [4.69, 9.17) is 5.11 Å². The van der Waals surface area contributed by atoms with E-state index < -0.39 is 4.92 Å². The molecule has 0 unspecified atom stereocenters. The van der Waals surface area contributed by atoms with E-state index in [1.807, 2.05) is 0 Å². The first-order valence-corrected chi connectivity index (χ1v) is 5.94. The maximum absolute atomic E-state index is 10.8. The normalized spacial score (nSPS) is 11.0. The van der Waals surface area contributed by atoms with Crippen LogP contribution in [0.1, 0.15) is 0 Å². The number of aliphatic hydroxyl groups is 1. The number of nitrogens with zero attached hydrogens (tertiary/aromatic N) is 3. The van der Waals surface area contributed by atoms with Crippen molar-refractivity contribution in [3.8, 4) is 0 Å². The number of fused-ring (bicyclic) bond motifs is 1. The topological polar surface area (TPSA) is 80.7 Å². The summed E-state index contributed by atoms with van der Waals surface area (Å²) in [4.78, 5) is 15.1. The summed E-state index contributed by atoms with van der Waals surface area (Å²) >= 11 is 2.53. The second kappa shape index (κ2) is 4.17. The Morgan fingerprint density at radius 3 is 3.20 bits per heavy atom. The van der Waals surface area contributed by atoms with E-state index in [0.717, 1.165) is 0 Å². The van der Waals surface area contributed by atoms with E-state index in [1.54, 1.807) is 11.6 Å². The number of aromatic nitrogens is 2. The highest BCUT2D eigenvalue weighted by atomic mass is 32.2. The Morgan fingerprint density at radius 2 is 2.53 bits per heavy atom. The molecule has 0 bridgehead atoms. The van der Waals surface area contributed by atoms with Crippen molar-refractivity contribution in [2.45, 2.75) is 5.03 Å². The summed E-state index contributed by atoms with van der Waals surface area (Å²) in [6.07, 6.45) is 1.62. The molecule has 0 aromatic carbocycles. The van der Waals surface area contributed by atoms with Gasteiger partial charge in [0, 0.05) is 11.1 Å². The lowest BCUT2D eigenvalue weighted by Gasteiger charge is -1.95. The van der Waals surface area contributed by atoms with Crippen LogP contribution < -0.4 is 0 Å². The van der Waals surface area contributed by atoms with Crippen molar-refractivity contribution in [2.75, 3.05) is 12.4 Å². The van der Waals surface area contributed by atoms with Gasteiger partial charge in [0.15, 0.2) is 5.03 Å². The second-order valence-corrected chi connectivity index (χ2v) is 4.58. The summed E-state index contributed by atoms with van der Waals surface area (Å²) in [5.74, 6) is 0.385. The third-order valence-electron chi connectivity index (χ3n) is 1.71. The Labute approximate surface area is 92.7 Å². The van der Waals surface area contributed by atoms with Crippen LogP contribution >= 0.6 is 23.1 Å². The molecule has 0 atom stereocenters. The smallest absolute Gasteiger partial charge is 0.362 e. The highest BCUT2D eigenvalue weighted by Gasteiger charge is 2.23. The molecule has 0 aliphatic carbocycles. The van der Waals surface area contributed by atoms with Crippen LogP contribution in [0.15, 0.2) is 16.6 Å². The number of rotatable bonds is 4. The number of aliphatic hydroxyl groups excluding tert-OH is 1. The molecule has 6 nitrogen and oxygen atoms in total. The average molecular weight is 245 g/mol. The predicted molar refractivity (Wildman–Crippen MR) is 57.5 cm³/mol. The van der Waals surface area contributed by atoms with Crippen LogP contribution in [0.3, 0.4) is 0 Å². The fourth-order valence-corrected chi connectivity index (χ4v) is 2.66. The highest BCUT2D eigenvalue weighted by molar-refractivity contribution is 7.99. The molecule has 2 rings (SSSR count). The summed E-state index contributed by atoms with van der Waals surface area (Å²) in [7, 11) is 0. The number of hydrogen-bond acceptors (Lipinski definition) is 6. The van der Waals surface area contributed by atoms with Crippen molar-refractivity contribution in [2.24, 2.45) is 0 Å².